The second-order valence-corrected chi connectivity index (χ2v) is 11.5. The summed E-state index contributed by atoms with van der Waals surface area (Å²) >= 11 is 0. The van der Waals surface area contributed by atoms with Gasteiger partial charge in [0, 0.05) is 28.1 Å². The summed E-state index contributed by atoms with van der Waals surface area (Å²) in [6, 6.07) is 20.8. The predicted molar refractivity (Wildman–Crippen MR) is 183 cm³/mol. The van der Waals surface area contributed by atoms with Crippen molar-refractivity contribution in [3.05, 3.63) is 89.2 Å². The van der Waals surface area contributed by atoms with E-state index in [1.165, 1.54) is 50.4 Å². The Kier molecular flexibility index (Phi) is 14.1. The molecule has 1 aliphatic carbocycles. The summed E-state index contributed by atoms with van der Waals surface area (Å²) in [5, 5.41) is 11.4. The van der Waals surface area contributed by atoms with E-state index in [0.717, 1.165) is 41.0 Å². The van der Waals surface area contributed by atoms with E-state index >= 15 is 0 Å². The van der Waals surface area contributed by atoms with E-state index < -0.39 is 0 Å². The van der Waals surface area contributed by atoms with Crippen LogP contribution in [0.25, 0.3) is 22.2 Å². The maximum absolute atomic E-state index is 14.4. The molecule has 1 amide bonds. The molecule has 6 heteroatoms. The molecule has 0 saturated heterocycles. The molecular weight excluding hydrogens is 547 g/mol. The monoisotopic (exact) mass is 600 g/mol. The highest BCUT2D eigenvalue weighted by Gasteiger charge is 2.35. The molecule has 5 nitrogen and oxygen atoms in total. The lowest BCUT2D eigenvalue weighted by molar-refractivity contribution is 0.0931. The molecule has 0 bridgehead atoms. The summed E-state index contributed by atoms with van der Waals surface area (Å²) in [7, 11) is 0. The highest BCUT2D eigenvalue weighted by atomic mass is 19.1. The van der Waals surface area contributed by atoms with Gasteiger partial charge >= 0.3 is 0 Å². The molecule has 0 aliphatic heterocycles. The lowest BCUT2D eigenvalue weighted by Gasteiger charge is -2.29. The zero-order chi connectivity index (χ0) is 32.1. The van der Waals surface area contributed by atoms with Crippen molar-refractivity contribution in [1.29, 1.82) is 0 Å². The number of amides is 1. The predicted octanol–water partition coefficient (Wildman–Crippen LogP) is 9.88. The standard InChI is InChI=1S/C25H22FN3O.C11H25N.C2H6/c1-15-6-8-17(9-7-15)24-20-14-18(12-13-22(20)28-29-24)25(30)27-23(16-10-11-16)19-4-2-3-5-21(19)26;1-5-9-12(10-6-2)11(7-3)8-4;1-2/h2-9,12-14,16,23H,10-11H2,1H3,(H,27,30)(H,28,29);11H,5-10H2,1-4H3;1-2H3. The number of carbonyl (C=O) groups is 1. The van der Waals surface area contributed by atoms with Crippen molar-refractivity contribution in [2.45, 2.75) is 99.1 Å². The summed E-state index contributed by atoms with van der Waals surface area (Å²) in [5.41, 5.74) is 4.95. The van der Waals surface area contributed by atoms with Gasteiger partial charge in [0.15, 0.2) is 0 Å². The number of hydrogen-bond donors (Lipinski definition) is 2. The summed E-state index contributed by atoms with van der Waals surface area (Å²) < 4.78 is 14.4. The van der Waals surface area contributed by atoms with Crippen molar-refractivity contribution in [2.75, 3.05) is 13.1 Å². The van der Waals surface area contributed by atoms with Gasteiger partial charge in [0.25, 0.3) is 5.91 Å². The Morgan fingerprint density at radius 2 is 1.59 bits per heavy atom. The van der Waals surface area contributed by atoms with Crippen LogP contribution in [0.5, 0.6) is 0 Å². The number of nitrogens with one attached hydrogen (secondary N) is 2. The van der Waals surface area contributed by atoms with E-state index in [2.05, 4.69) is 48.1 Å². The third kappa shape index (κ3) is 9.25. The fourth-order valence-corrected chi connectivity index (χ4v) is 5.77. The first-order valence-corrected chi connectivity index (χ1v) is 16.7. The second kappa shape index (κ2) is 17.7. The number of hydrogen-bond acceptors (Lipinski definition) is 3. The average Bonchev–Trinajstić information content (AvgIpc) is 3.81. The number of fused-ring (bicyclic) bond motifs is 1. The molecule has 1 unspecified atom stereocenters. The first kappa shape index (κ1) is 35.0. The van der Waals surface area contributed by atoms with Crippen LogP contribution in [-0.4, -0.2) is 40.1 Å². The minimum Gasteiger partial charge on any atom is -0.345 e. The fourth-order valence-electron chi connectivity index (χ4n) is 5.77. The molecule has 2 N–H and O–H groups in total. The quantitative estimate of drug-likeness (QED) is 0.170. The maximum atomic E-state index is 14.4. The van der Waals surface area contributed by atoms with Gasteiger partial charge in [0.2, 0.25) is 0 Å². The van der Waals surface area contributed by atoms with Gasteiger partial charge in [-0.15, -0.1) is 0 Å². The molecule has 44 heavy (non-hydrogen) atoms. The average molecular weight is 601 g/mol. The third-order valence-electron chi connectivity index (χ3n) is 8.25. The highest BCUT2D eigenvalue weighted by Crippen LogP contribution is 2.42. The molecule has 1 fully saturated rings. The van der Waals surface area contributed by atoms with Crippen molar-refractivity contribution in [2.24, 2.45) is 5.92 Å². The van der Waals surface area contributed by atoms with Crippen molar-refractivity contribution in [3.8, 4) is 11.3 Å². The number of halogens is 1. The van der Waals surface area contributed by atoms with Crippen LogP contribution in [0.1, 0.15) is 108 Å². The van der Waals surface area contributed by atoms with Crippen LogP contribution < -0.4 is 5.32 Å². The number of aromatic amines is 1. The largest absolute Gasteiger partial charge is 0.345 e. The molecule has 238 valence electrons. The third-order valence-corrected chi connectivity index (χ3v) is 8.25. The van der Waals surface area contributed by atoms with Crippen LogP contribution in [0.3, 0.4) is 0 Å². The Hall–Kier alpha value is -3.51. The van der Waals surface area contributed by atoms with Crippen LogP contribution in [-0.2, 0) is 0 Å². The van der Waals surface area contributed by atoms with Crippen molar-refractivity contribution >= 4 is 16.8 Å². The lowest BCUT2D eigenvalue weighted by atomic mass is 10.0. The summed E-state index contributed by atoms with van der Waals surface area (Å²) in [6.45, 7) is 17.7. The molecule has 1 saturated carbocycles. The summed E-state index contributed by atoms with van der Waals surface area (Å²) in [4.78, 5) is 15.7. The molecule has 5 rings (SSSR count). The van der Waals surface area contributed by atoms with Crippen molar-refractivity contribution in [1.82, 2.24) is 20.4 Å². The van der Waals surface area contributed by atoms with E-state index in [-0.39, 0.29) is 23.7 Å². The van der Waals surface area contributed by atoms with Crippen LogP contribution in [0.2, 0.25) is 0 Å². The van der Waals surface area contributed by atoms with Gasteiger partial charge in [-0.25, -0.2) is 4.39 Å². The molecule has 1 heterocycles. The van der Waals surface area contributed by atoms with Gasteiger partial charge in [-0.05, 0) is 88.7 Å². The molecule has 0 spiro atoms. The van der Waals surface area contributed by atoms with Crippen LogP contribution in [0.15, 0.2) is 66.7 Å². The molecule has 4 aromatic rings. The van der Waals surface area contributed by atoms with Gasteiger partial charge in [0.1, 0.15) is 5.82 Å². The number of nitrogens with zero attached hydrogens (tertiary/aromatic N) is 2. The minimum absolute atomic E-state index is 0.201. The van der Waals surface area contributed by atoms with Crippen LogP contribution in [0.4, 0.5) is 4.39 Å². The van der Waals surface area contributed by atoms with E-state index in [0.29, 0.717) is 11.1 Å². The molecule has 3 aromatic carbocycles. The first-order chi connectivity index (χ1) is 21.4. The minimum atomic E-state index is -0.310. The zero-order valence-electron chi connectivity index (χ0n) is 27.9. The lowest BCUT2D eigenvalue weighted by Crippen LogP contribution is -2.35. The molecule has 1 aliphatic rings. The molecular formula is C38H53FN4O. The van der Waals surface area contributed by atoms with E-state index in [9.17, 15) is 9.18 Å². The van der Waals surface area contributed by atoms with Crippen LogP contribution in [0, 0.1) is 18.7 Å². The number of benzene rings is 3. The number of carbonyl (C=O) groups excluding carboxylic acids is 1. The maximum Gasteiger partial charge on any atom is 0.251 e. The zero-order valence-corrected chi connectivity index (χ0v) is 27.9. The Balaban J connectivity index is 0.000000322. The Bertz CT molecular complexity index is 1420. The summed E-state index contributed by atoms with van der Waals surface area (Å²) in [5.74, 6) is -0.193. The molecule has 0 radical (unpaired) electrons. The van der Waals surface area contributed by atoms with Gasteiger partial charge in [-0.2, -0.15) is 5.10 Å². The van der Waals surface area contributed by atoms with Gasteiger partial charge < -0.3 is 10.2 Å². The topological polar surface area (TPSA) is 61.0 Å². The van der Waals surface area contributed by atoms with Crippen molar-refractivity contribution < 1.29 is 9.18 Å². The summed E-state index contributed by atoms with van der Waals surface area (Å²) in [6.07, 6.45) is 7.18. The number of H-pyrrole nitrogens is 1. The Morgan fingerprint density at radius 1 is 0.955 bits per heavy atom. The van der Waals surface area contributed by atoms with E-state index in [1.54, 1.807) is 18.2 Å². The van der Waals surface area contributed by atoms with Crippen molar-refractivity contribution in [3.63, 3.8) is 0 Å². The normalized spacial score (nSPS) is 13.2. The Morgan fingerprint density at radius 3 is 2.16 bits per heavy atom. The smallest absolute Gasteiger partial charge is 0.251 e. The highest BCUT2D eigenvalue weighted by molar-refractivity contribution is 6.01. The SMILES string of the molecule is CC.CCCN(CCC)C(CC)CC.Cc1ccc(-c2n[nH]c3ccc(C(=O)NC(c4ccccc4F)C4CC4)cc23)cc1. The van der Waals surface area contributed by atoms with E-state index in [4.69, 9.17) is 0 Å². The van der Waals surface area contributed by atoms with Gasteiger partial charge in [-0.1, -0.05) is 89.6 Å². The van der Waals surface area contributed by atoms with E-state index in [1.807, 2.05) is 63.2 Å². The fraction of sp³-hybridized carbons (Fsp3) is 0.474. The number of aryl methyl sites for hydroxylation is 1. The van der Waals surface area contributed by atoms with Gasteiger partial charge in [-0.3, -0.25) is 9.89 Å². The molecule has 1 atom stereocenters. The Labute approximate surface area is 264 Å². The number of aromatic nitrogens is 2. The molecule has 1 aromatic heterocycles. The first-order valence-electron chi connectivity index (χ1n) is 16.7. The number of rotatable bonds is 12. The second-order valence-electron chi connectivity index (χ2n) is 11.5. The van der Waals surface area contributed by atoms with Gasteiger partial charge in [0.05, 0.1) is 17.3 Å². The van der Waals surface area contributed by atoms with Crippen LogP contribution >= 0.6 is 0 Å².